The lowest BCUT2D eigenvalue weighted by atomic mass is 10.0. The monoisotopic (exact) mass is 360 g/mol. The number of β-lactam (4-membered cyclic amide) rings is 1. The van der Waals surface area contributed by atoms with E-state index in [0.29, 0.717) is 5.57 Å². The van der Waals surface area contributed by atoms with Crippen LogP contribution in [0.2, 0.25) is 0 Å². The fraction of sp³-hybridized carbons (Fsp3) is 0.417. The predicted molar refractivity (Wildman–Crippen MR) is 80.5 cm³/mol. The molecule has 2 amide bonds. The van der Waals surface area contributed by atoms with Crippen molar-refractivity contribution in [2.75, 3.05) is 12.4 Å². The average Bonchev–Trinajstić information content (AvgIpc) is 2.49. The summed E-state index contributed by atoms with van der Waals surface area (Å²) in [4.78, 5) is 46.9. The van der Waals surface area contributed by atoms with Gasteiger partial charge in [0.2, 0.25) is 0 Å². The third-order valence-electron chi connectivity index (χ3n) is 3.15. The zero-order chi connectivity index (χ0) is 17.1. The van der Waals surface area contributed by atoms with Crippen LogP contribution in [-0.2, 0) is 35.2 Å². The van der Waals surface area contributed by atoms with Gasteiger partial charge in [-0.25, -0.2) is 9.00 Å². The van der Waals surface area contributed by atoms with E-state index < -0.39 is 35.2 Å². The lowest BCUT2D eigenvalue weighted by molar-refractivity contribution is -0.150. The standard InChI is InChI=1S/C12H12N2O7S2/c1-5(15)21-2-6-3-22-11-8(13-7(16)4-23-20)10(17)14(11)9(6)12(18)19/h4,8,11H,2-3H2,1H3,(H,13,16)(H,18,19)/t8-,11-/m1/s1. The normalized spacial score (nSPS) is 22.7. The van der Waals surface area contributed by atoms with Crippen molar-refractivity contribution < 1.29 is 33.2 Å². The molecule has 0 aromatic rings. The predicted octanol–water partition coefficient (Wildman–Crippen LogP) is -1.70. The number of fused-ring (bicyclic) bond motifs is 1. The quantitative estimate of drug-likeness (QED) is 0.337. The van der Waals surface area contributed by atoms with E-state index in [1.54, 1.807) is 0 Å². The molecule has 9 nitrogen and oxygen atoms in total. The van der Waals surface area contributed by atoms with Crippen molar-refractivity contribution in [3.8, 4) is 0 Å². The summed E-state index contributed by atoms with van der Waals surface area (Å²) in [6, 6.07) is -0.888. The number of carboxylic acids is 1. The number of nitrogens with zero attached hydrogens (tertiary/aromatic N) is 1. The number of aliphatic carboxylic acids is 1. The van der Waals surface area contributed by atoms with Crippen LogP contribution in [0.25, 0.3) is 0 Å². The highest BCUT2D eigenvalue weighted by Gasteiger charge is 2.54. The van der Waals surface area contributed by atoms with Crippen LogP contribution in [0.4, 0.5) is 0 Å². The van der Waals surface area contributed by atoms with Gasteiger partial charge in [-0.3, -0.25) is 19.3 Å². The molecular weight excluding hydrogens is 348 g/mol. The number of hydrogen-bond donors (Lipinski definition) is 2. The van der Waals surface area contributed by atoms with E-state index in [1.807, 2.05) is 0 Å². The van der Waals surface area contributed by atoms with Crippen molar-refractivity contribution in [3.05, 3.63) is 11.3 Å². The maximum atomic E-state index is 12.1. The van der Waals surface area contributed by atoms with Gasteiger partial charge in [-0.05, 0) is 0 Å². The lowest BCUT2D eigenvalue weighted by Crippen LogP contribution is -2.70. The molecule has 0 saturated carbocycles. The summed E-state index contributed by atoms with van der Waals surface area (Å²) in [6.07, 6.45) is 0. The number of esters is 1. The smallest absolute Gasteiger partial charge is 0.352 e. The van der Waals surface area contributed by atoms with E-state index in [1.165, 1.54) is 18.7 Å². The van der Waals surface area contributed by atoms with Crippen LogP contribution in [0.1, 0.15) is 6.92 Å². The number of hydrogen-bond acceptors (Lipinski definition) is 7. The fourth-order valence-corrected chi connectivity index (χ4v) is 3.70. The van der Waals surface area contributed by atoms with Crippen LogP contribution in [0.5, 0.6) is 0 Å². The summed E-state index contributed by atoms with van der Waals surface area (Å²) in [6.45, 7) is 0.989. The molecule has 0 aliphatic carbocycles. The van der Waals surface area contributed by atoms with Crippen molar-refractivity contribution in [1.82, 2.24) is 10.2 Å². The van der Waals surface area contributed by atoms with E-state index in [0.717, 1.165) is 10.3 Å². The Bertz CT molecular complexity index is 668. The Kier molecular flexibility index (Phi) is 5.21. The number of carbonyl (C=O) groups excluding carboxylic acids is 3. The molecule has 2 rings (SSSR count). The molecule has 0 spiro atoms. The van der Waals surface area contributed by atoms with Gasteiger partial charge < -0.3 is 15.2 Å². The molecule has 0 radical (unpaired) electrons. The minimum Gasteiger partial charge on any atom is -0.477 e. The summed E-state index contributed by atoms with van der Waals surface area (Å²) in [5.74, 6) is -2.90. The Balaban J connectivity index is 2.19. The Morgan fingerprint density at radius 3 is 2.78 bits per heavy atom. The van der Waals surface area contributed by atoms with Gasteiger partial charge in [-0.1, -0.05) is 0 Å². The average molecular weight is 360 g/mol. The first kappa shape index (κ1) is 17.2. The van der Waals surface area contributed by atoms with Crippen molar-refractivity contribution in [1.29, 1.82) is 0 Å². The largest absolute Gasteiger partial charge is 0.477 e. The Morgan fingerprint density at radius 1 is 1.52 bits per heavy atom. The van der Waals surface area contributed by atoms with E-state index in [-0.39, 0.29) is 29.3 Å². The molecule has 2 aliphatic rings. The molecule has 1 fully saturated rings. The molecule has 0 unspecified atom stereocenters. The van der Waals surface area contributed by atoms with Crippen molar-refractivity contribution >= 4 is 52.1 Å². The van der Waals surface area contributed by atoms with Gasteiger partial charge in [0.25, 0.3) is 11.8 Å². The third kappa shape index (κ3) is 3.45. The molecule has 0 bridgehead atoms. The maximum Gasteiger partial charge on any atom is 0.352 e. The van der Waals surface area contributed by atoms with E-state index in [4.69, 9.17) is 4.74 Å². The van der Waals surface area contributed by atoms with Crippen LogP contribution < -0.4 is 5.32 Å². The molecule has 23 heavy (non-hydrogen) atoms. The maximum absolute atomic E-state index is 12.1. The van der Waals surface area contributed by atoms with Gasteiger partial charge in [0.05, 0.1) is 16.6 Å². The molecule has 11 heteroatoms. The number of carboxylic acid groups (broad SMARTS) is 1. The zero-order valence-electron chi connectivity index (χ0n) is 11.8. The molecule has 2 heterocycles. The molecule has 124 valence electrons. The topological polar surface area (TPSA) is 130 Å². The van der Waals surface area contributed by atoms with Gasteiger partial charge >= 0.3 is 11.9 Å². The summed E-state index contributed by atoms with van der Waals surface area (Å²) < 4.78 is 15.1. The summed E-state index contributed by atoms with van der Waals surface area (Å²) in [7, 11) is 0. The third-order valence-corrected chi connectivity index (χ3v) is 4.80. The van der Waals surface area contributed by atoms with Gasteiger partial charge in [0.1, 0.15) is 23.7 Å². The summed E-state index contributed by atoms with van der Waals surface area (Å²) in [5, 5.41) is 11.9. The fourth-order valence-electron chi connectivity index (χ4n) is 2.21. The zero-order valence-corrected chi connectivity index (χ0v) is 13.4. The number of carbonyl (C=O) groups is 4. The van der Waals surface area contributed by atoms with Gasteiger partial charge in [-0.15, -0.1) is 11.8 Å². The molecule has 1 saturated heterocycles. The van der Waals surface area contributed by atoms with Crippen LogP contribution >= 0.6 is 11.8 Å². The molecule has 2 N–H and O–H groups in total. The number of amides is 2. The Labute approximate surface area is 138 Å². The van der Waals surface area contributed by atoms with Crippen LogP contribution in [0.15, 0.2) is 11.3 Å². The summed E-state index contributed by atoms with van der Waals surface area (Å²) in [5.41, 5.74) is 0.0847. The molecule has 0 aromatic heterocycles. The highest BCUT2D eigenvalue weighted by Crippen LogP contribution is 2.40. The van der Waals surface area contributed by atoms with Crippen LogP contribution in [0, 0.1) is 0 Å². The summed E-state index contributed by atoms with van der Waals surface area (Å²) >= 11 is 1.21. The Morgan fingerprint density at radius 2 is 2.22 bits per heavy atom. The van der Waals surface area contributed by atoms with Crippen molar-refractivity contribution in [2.24, 2.45) is 0 Å². The first-order valence-corrected chi connectivity index (χ1v) is 8.18. The lowest BCUT2D eigenvalue weighted by Gasteiger charge is -2.49. The Hall–Kier alpha value is -2.14. The van der Waals surface area contributed by atoms with Gasteiger partial charge in [0.15, 0.2) is 0 Å². The number of thioether (sulfide) groups is 1. The van der Waals surface area contributed by atoms with Crippen LogP contribution in [-0.4, -0.2) is 67.1 Å². The van der Waals surface area contributed by atoms with E-state index in [9.17, 15) is 28.5 Å². The van der Waals surface area contributed by atoms with E-state index in [2.05, 4.69) is 5.32 Å². The van der Waals surface area contributed by atoms with E-state index >= 15 is 0 Å². The highest BCUT2D eigenvalue weighted by molar-refractivity contribution is 8.00. The first-order valence-electron chi connectivity index (χ1n) is 6.32. The van der Waals surface area contributed by atoms with Crippen molar-refractivity contribution in [2.45, 2.75) is 18.3 Å². The van der Waals surface area contributed by atoms with Crippen LogP contribution in [0.3, 0.4) is 0 Å². The second kappa shape index (κ2) is 6.96. The van der Waals surface area contributed by atoms with Gasteiger partial charge in [0, 0.05) is 18.2 Å². The molecule has 2 atom stereocenters. The molecular formula is C12H12N2O7S2. The minimum absolute atomic E-state index is 0.0386. The highest BCUT2D eigenvalue weighted by atomic mass is 32.2. The number of rotatable bonds is 5. The van der Waals surface area contributed by atoms with Gasteiger partial charge in [-0.2, -0.15) is 0 Å². The van der Waals surface area contributed by atoms with Crippen molar-refractivity contribution in [3.63, 3.8) is 0 Å². The second-order valence-corrected chi connectivity index (χ2v) is 6.18. The molecule has 0 aromatic carbocycles. The minimum atomic E-state index is -1.31. The second-order valence-electron chi connectivity index (χ2n) is 4.65. The SMILES string of the molecule is CC(=O)OCC1=C(C(=O)O)N2C(=O)[C@@H](NC(=O)C=S=O)[C@H]2SC1. The molecule has 2 aliphatic heterocycles. The number of ether oxygens (including phenoxy) is 1. The first-order chi connectivity index (χ1) is 10.9. The number of nitrogens with one attached hydrogen (secondary N) is 1.